The molecule has 0 unspecified atom stereocenters. The molecular weight excluding hydrogens is 282 g/mol. The van der Waals surface area contributed by atoms with E-state index in [9.17, 15) is 39.5 Å². The van der Waals surface area contributed by atoms with Gasteiger partial charge in [-0.2, -0.15) is 26.3 Å². The van der Waals surface area contributed by atoms with Crippen LogP contribution in [-0.2, 0) is 4.65 Å². The largest absolute Gasteiger partial charge is 0.577 e. The fourth-order valence-electron chi connectivity index (χ4n) is 1.11. The average Bonchev–Trinajstić information content (AvgIpc) is 2.29. The maximum atomic E-state index is 12.9. The second-order valence-corrected chi connectivity index (χ2v) is 2.85. The Labute approximate surface area is 94.2 Å². The quantitative estimate of drug-likeness (QED) is 0.548. The Hall–Kier alpha value is -1.39. The Morgan fingerprint density at radius 1 is 0.611 bits per heavy atom. The summed E-state index contributed by atoms with van der Waals surface area (Å²) < 4.78 is 114. The van der Waals surface area contributed by atoms with Gasteiger partial charge in [0.15, 0.2) is 0 Å². The van der Waals surface area contributed by atoms with Crippen LogP contribution in [0.3, 0.4) is 0 Å². The summed E-state index contributed by atoms with van der Waals surface area (Å²) in [5, 5.41) is 0. The zero-order chi connectivity index (χ0) is 14.7. The van der Waals surface area contributed by atoms with Crippen LogP contribution in [-0.4, -0.2) is 13.5 Å². The molecule has 0 aromatic carbocycles. The maximum Gasteiger partial charge on any atom is 0.305 e. The Balaban J connectivity index is 6.44. The molecule has 0 heterocycles. The van der Waals surface area contributed by atoms with Gasteiger partial charge in [0.25, 0.3) is 18.2 Å². The fourth-order valence-corrected chi connectivity index (χ4v) is 1.11. The van der Waals surface area contributed by atoms with Crippen molar-refractivity contribution in [1.29, 1.82) is 0 Å². The van der Waals surface area contributed by atoms with Crippen molar-refractivity contribution in [3.8, 4) is 0 Å². The van der Waals surface area contributed by atoms with Gasteiger partial charge in [-0.1, -0.05) is 0 Å². The molecule has 0 aliphatic carbocycles. The van der Waals surface area contributed by atoms with Crippen LogP contribution in [0, 0.1) is 0 Å². The van der Waals surface area contributed by atoms with Crippen LogP contribution in [0.25, 0.3) is 0 Å². The van der Waals surface area contributed by atoms with Gasteiger partial charge in [0, 0.05) is 17.2 Å². The first-order valence-corrected chi connectivity index (χ1v) is 3.96. The summed E-state index contributed by atoms with van der Waals surface area (Å²) in [6.07, 6.45) is -15.8. The zero-order valence-corrected chi connectivity index (χ0v) is 8.39. The minimum absolute atomic E-state index is 0.119. The molecule has 0 aliphatic rings. The van der Waals surface area contributed by atoms with Crippen LogP contribution in [0.4, 0.5) is 39.5 Å². The second-order valence-electron chi connectivity index (χ2n) is 2.85. The Morgan fingerprint density at radius 2 is 0.833 bits per heavy atom. The van der Waals surface area contributed by atoms with Crippen molar-refractivity contribution in [2.45, 2.75) is 0 Å². The second kappa shape index (κ2) is 5.98. The van der Waals surface area contributed by atoms with E-state index >= 15 is 0 Å². The summed E-state index contributed by atoms with van der Waals surface area (Å²) in [6, 6.07) is 0. The van der Waals surface area contributed by atoms with Gasteiger partial charge < -0.3 is 4.65 Å². The lowest BCUT2D eigenvalue weighted by Crippen LogP contribution is -2.43. The minimum Gasteiger partial charge on any atom is -0.577 e. The van der Waals surface area contributed by atoms with E-state index in [2.05, 4.69) is 4.65 Å². The standard InChI is InChI=1S/C7H3BF9O/c1-18-8(2(9)5(12)13,3(10)6(14)15)4(11)7(16)17/h1H3/q-1. The molecule has 104 valence electrons. The number of hydrogen-bond donors (Lipinski definition) is 0. The van der Waals surface area contributed by atoms with Crippen LogP contribution >= 0.6 is 0 Å². The molecule has 0 aromatic heterocycles. The fraction of sp³-hybridized carbons (Fsp3) is 0.143. The molecule has 0 radical (unpaired) electrons. The Kier molecular flexibility index (Phi) is 5.52. The molecule has 0 aromatic rings. The van der Waals surface area contributed by atoms with Crippen molar-refractivity contribution in [2.75, 3.05) is 7.11 Å². The minimum atomic E-state index is -5.42. The monoisotopic (exact) mass is 285 g/mol. The molecule has 18 heavy (non-hydrogen) atoms. The van der Waals surface area contributed by atoms with E-state index in [-0.39, 0.29) is 7.11 Å². The van der Waals surface area contributed by atoms with E-state index < -0.39 is 41.8 Å². The third kappa shape index (κ3) is 2.71. The first kappa shape index (κ1) is 16.6. The molecule has 0 amide bonds. The lowest BCUT2D eigenvalue weighted by atomic mass is 9.37. The lowest BCUT2D eigenvalue weighted by Gasteiger charge is -2.33. The van der Waals surface area contributed by atoms with Crippen LogP contribution in [0.15, 0.2) is 35.4 Å². The topological polar surface area (TPSA) is 9.23 Å². The van der Waals surface area contributed by atoms with Crippen molar-refractivity contribution >= 4 is 6.35 Å². The Bertz CT molecular complexity index is 355. The molecule has 0 aliphatic heterocycles. The van der Waals surface area contributed by atoms with Gasteiger partial charge in [-0.3, -0.25) is 0 Å². The van der Waals surface area contributed by atoms with Crippen molar-refractivity contribution in [1.82, 2.24) is 0 Å². The number of halogens is 9. The van der Waals surface area contributed by atoms with Gasteiger partial charge in [-0.05, 0) is 7.11 Å². The predicted molar refractivity (Wildman–Crippen MR) is 43.8 cm³/mol. The number of hydrogen-bond acceptors (Lipinski definition) is 1. The summed E-state index contributed by atoms with van der Waals surface area (Å²) in [6.45, 7) is 0. The molecule has 0 N–H and O–H groups in total. The molecule has 0 atom stereocenters. The smallest absolute Gasteiger partial charge is 0.305 e. The van der Waals surface area contributed by atoms with Gasteiger partial charge in [-0.15, -0.1) is 0 Å². The third-order valence-corrected chi connectivity index (χ3v) is 1.97. The molecule has 0 saturated carbocycles. The summed E-state index contributed by atoms with van der Waals surface area (Å²) in [7, 11) is 0.119. The molecule has 0 saturated heterocycles. The SMILES string of the molecule is CO[B-](C(F)=C(F)F)(C(F)=C(F)F)C(F)=C(F)F. The summed E-state index contributed by atoms with van der Waals surface area (Å²) >= 11 is 0. The summed E-state index contributed by atoms with van der Waals surface area (Å²) in [4.78, 5) is 0. The molecule has 11 heteroatoms. The van der Waals surface area contributed by atoms with Gasteiger partial charge in [-0.25, -0.2) is 13.2 Å². The van der Waals surface area contributed by atoms with Crippen molar-refractivity contribution in [2.24, 2.45) is 0 Å². The summed E-state index contributed by atoms with van der Waals surface area (Å²) in [5.41, 5.74) is -9.56. The van der Waals surface area contributed by atoms with E-state index in [0.29, 0.717) is 0 Å². The van der Waals surface area contributed by atoms with Crippen LogP contribution in [0.1, 0.15) is 0 Å². The molecule has 1 nitrogen and oxygen atoms in total. The van der Waals surface area contributed by atoms with Gasteiger partial charge in [0.05, 0.1) is 0 Å². The molecule has 0 spiro atoms. The van der Waals surface area contributed by atoms with Crippen LogP contribution in [0.2, 0.25) is 0 Å². The molecule has 0 bridgehead atoms. The average molecular weight is 285 g/mol. The highest BCUT2D eigenvalue weighted by Crippen LogP contribution is 2.40. The lowest BCUT2D eigenvalue weighted by molar-refractivity contribution is 0.322. The van der Waals surface area contributed by atoms with Crippen LogP contribution < -0.4 is 0 Å². The van der Waals surface area contributed by atoms with E-state index in [1.165, 1.54) is 0 Å². The van der Waals surface area contributed by atoms with E-state index in [4.69, 9.17) is 0 Å². The van der Waals surface area contributed by atoms with E-state index in [1.807, 2.05) is 0 Å². The zero-order valence-electron chi connectivity index (χ0n) is 8.39. The molecule has 0 fully saturated rings. The van der Waals surface area contributed by atoms with Crippen molar-refractivity contribution < 1.29 is 44.2 Å². The molecular formula is C7H3BF9O-. The highest BCUT2D eigenvalue weighted by Gasteiger charge is 2.46. The number of rotatable bonds is 4. The van der Waals surface area contributed by atoms with Gasteiger partial charge in [0.2, 0.25) is 0 Å². The summed E-state index contributed by atoms with van der Waals surface area (Å²) in [5.74, 6) is 0. The first-order chi connectivity index (χ1) is 8.12. The first-order valence-electron chi connectivity index (χ1n) is 3.96. The highest BCUT2D eigenvalue weighted by atomic mass is 19.3. The van der Waals surface area contributed by atoms with Crippen LogP contribution in [0.5, 0.6) is 0 Å². The van der Waals surface area contributed by atoms with Crippen molar-refractivity contribution in [3.63, 3.8) is 0 Å². The highest BCUT2D eigenvalue weighted by molar-refractivity contribution is 6.91. The van der Waals surface area contributed by atoms with Gasteiger partial charge in [0.1, 0.15) is 0 Å². The maximum absolute atomic E-state index is 12.9. The normalized spacial score (nSPS) is 11.0. The molecule has 0 rings (SSSR count). The van der Waals surface area contributed by atoms with E-state index in [1.54, 1.807) is 0 Å². The third-order valence-electron chi connectivity index (χ3n) is 1.97. The van der Waals surface area contributed by atoms with E-state index in [0.717, 1.165) is 0 Å². The predicted octanol–water partition coefficient (Wildman–Crippen LogP) is 4.43. The Morgan fingerprint density at radius 3 is 0.944 bits per heavy atom. The van der Waals surface area contributed by atoms with Crippen molar-refractivity contribution in [3.05, 3.63) is 35.4 Å². The van der Waals surface area contributed by atoms with Gasteiger partial charge >= 0.3 is 6.35 Å².